The number of aromatic nitrogens is 1. The summed E-state index contributed by atoms with van der Waals surface area (Å²) >= 11 is 1.31. The summed E-state index contributed by atoms with van der Waals surface area (Å²) in [6, 6.07) is 11.0. The molecule has 0 N–H and O–H groups in total. The van der Waals surface area contributed by atoms with Crippen LogP contribution in [0.5, 0.6) is 0 Å². The number of amides is 1. The van der Waals surface area contributed by atoms with Gasteiger partial charge in [0.2, 0.25) is 0 Å². The summed E-state index contributed by atoms with van der Waals surface area (Å²) in [7, 11) is -5.45. The molecule has 0 radical (unpaired) electrons. The number of para-hydroxylation sites is 1. The molecule has 27 heavy (non-hydrogen) atoms. The third-order valence-corrected chi connectivity index (χ3v) is 6.35. The maximum Gasteiger partial charge on any atom is 0.501 e. The van der Waals surface area contributed by atoms with Crippen molar-refractivity contribution >= 4 is 42.4 Å². The van der Waals surface area contributed by atoms with Crippen molar-refractivity contribution in [2.24, 2.45) is 0 Å². The van der Waals surface area contributed by atoms with Gasteiger partial charge in [0.1, 0.15) is 0 Å². The fraction of sp³-hybridized carbons (Fsp3) is 0.176. The highest BCUT2D eigenvalue weighted by molar-refractivity contribution is 7.92. The van der Waals surface area contributed by atoms with Gasteiger partial charge in [-0.25, -0.2) is 13.4 Å². The van der Waals surface area contributed by atoms with E-state index >= 15 is 0 Å². The molecule has 1 aromatic heterocycles. The zero-order valence-electron chi connectivity index (χ0n) is 13.9. The van der Waals surface area contributed by atoms with Gasteiger partial charge in [0.25, 0.3) is 15.7 Å². The predicted octanol–water partition coefficient (Wildman–Crippen LogP) is 4.26. The van der Waals surface area contributed by atoms with Crippen molar-refractivity contribution in [2.45, 2.75) is 17.3 Å². The number of anilines is 1. The van der Waals surface area contributed by atoms with Crippen LogP contribution in [0.3, 0.4) is 0 Å². The lowest BCUT2D eigenvalue weighted by Gasteiger charge is -2.18. The first-order valence-corrected chi connectivity index (χ1v) is 10.0. The fourth-order valence-electron chi connectivity index (χ4n) is 2.41. The van der Waals surface area contributed by atoms with E-state index in [2.05, 4.69) is 4.98 Å². The van der Waals surface area contributed by atoms with Gasteiger partial charge in [-0.1, -0.05) is 23.5 Å². The molecule has 0 saturated heterocycles. The van der Waals surface area contributed by atoms with Gasteiger partial charge in [-0.05, 0) is 43.3 Å². The first kappa shape index (κ1) is 19.3. The van der Waals surface area contributed by atoms with Crippen LogP contribution in [0.4, 0.5) is 18.3 Å². The Labute approximate surface area is 157 Å². The van der Waals surface area contributed by atoms with Crippen molar-refractivity contribution in [2.75, 3.05) is 11.4 Å². The number of carbonyl (C=O) groups excluding carboxylic acids is 1. The van der Waals surface area contributed by atoms with E-state index in [1.807, 2.05) is 24.3 Å². The zero-order chi connectivity index (χ0) is 19.8. The van der Waals surface area contributed by atoms with E-state index in [0.717, 1.165) is 34.5 Å². The van der Waals surface area contributed by atoms with Crippen molar-refractivity contribution in [1.29, 1.82) is 0 Å². The second-order valence-corrected chi connectivity index (χ2v) is 8.44. The zero-order valence-corrected chi connectivity index (χ0v) is 15.5. The first-order valence-electron chi connectivity index (χ1n) is 7.74. The van der Waals surface area contributed by atoms with Crippen LogP contribution in [0.2, 0.25) is 0 Å². The van der Waals surface area contributed by atoms with Crippen LogP contribution in [-0.2, 0) is 9.84 Å². The van der Waals surface area contributed by atoms with Crippen molar-refractivity contribution in [3.8, 4) is 0 Å². The Morgan fingerprint density at radius 3 is 2.30 bits per heavy atom. The molecule has 0 aliphatic rings. The molecule has 142 valence electrons. The van der Waals surface area contributed by atoms with Crippen molar-refractivity contribution < 1.29 is 26.4 Å². The average Bonchev–Trinajstić information content (AvgIpc) is 3.05. The van der Waals surface area contributed by atoms with Gasteiger partial charge in [0, 0.05) is 12.1 Å². The molecular weight excluding hydrogens is 401 g/mol. The summed E-state index contributed by atoms with van der Waals surface area (Å²) in [5.41, 5.74) is -4.60. The van der Waals surface area contributed by atoms with Gasteiger partial charge in [0.05, 0.1) is 15.1 Å². The second-order valence-electron chi connectivity index (χ2n) is 5.49. The van der Waals surface area contributed by atoms with E-state index < -0.39 is 26.1 Å². The molecule has 5 nitrogen and oxygen atoms in total. The van der Waals surface area contributed by atoms with Crippen LogP contribution in [0.25, 0.3) is 10.2 Å². The predicted molar refractivity (Wildman–Crippen MR) is 96.7 cm³/mol. The number of hydrogen-bond donors (Lipinski definition) is 0. The largest absolute Gasteiger partial charge is 0.501 e. The molecule has 3 aromatic rings. The lowest BCUT2D eigenvalue weighted by atomic mass is 10.2. The number of sulfone groups is 1. The number of carbonyl (C=O) groups is 1. The van der Waals surface area contributed by atoms with Gasteiger partial charge >= 0.3 is 5.51 Å². The monoisotopic (exact) mass is 414 g/mol. The van der Waals surface area contributed by atoms with Gasteiger partial charge in [0.15, 0.2) is 5.13 Å². The third kappa shape index (κ3) is 3.54. The number of halogens is 3. The first-order chi connectivity index (χ1) is 12.6. The molecule has 10 heteroatoms. The Morgan fingerprint density at radius 1 is 1.11 bits per heavy atom. The molecule has 0 spiro atoms. The van der Waals surface area contributed by atoms with E-state index in [0.29, 0.717) is 11.7 Å². The summed E-state index contributed by atoms with van der Waals surface area (Å²) < 4.78 is 61.6. The number of fused-ring (bicyclic) bond motifs is 1. The summed E-state index contributed by atoms with van der Waals surface area (Å²) in [5.74, 6) is -0.479. The number of alkyl halides is 3. The molecule has 0 aliphatic heterocycles. The van der Waals surface area contributed by atoms with Crippen LogP contribution in [0.1, 0.15) is 17.3 Å². The Hall–Kier alpha value is -2.46. The maximum absolute atomic E-state index is 12.7. The summed E-state index contributed by atoms with van der Waals surface area (Å²) in [6.45, 7) is 2.04. The lowest BCUT2D eigenvalue weighted by molar-refractivity contribution is -0.0436. The van der Waals surface area contributed by atoms with Gasteiger partial charge < -0.3 is 0 Å². The van der Waals surface area contributed by atoms with Crippen LogP contribution in [0, 0.1) is 0 Å². The number of nitrogens with zero attached hydrogens (tertiary/aromatic N) is 2. The van der Waals surface area contributed by atoms with E-state index in [9.17, 15) is 26.4 Å². The number of hydrogen-bond acceptors (Lipinski definition) is 5. The molecule has 1 heterocycles. The molecule has 3 rings (SSSR count). The molecule has 2 aromatic carbocycles. The SMILES string of the molecule is CCN(C(=O)c1ccc(S(=O)(=O)C(F)(F)F)cc1)c1nc2ccccc2s1. The van der Waals surface area contributed by atoms with Gasteiger partial charge in [-0.2, -0.15) is 13.2 Å². The number of thiazole rings is 1. The molecule has 0 unspecified atom stereocenters. The highest BCUT2D eigenvalue weighted by atomic mass is 32.2. The standard InChI is InChI=1S/C17H13F3N2O3S2/c1-2-22(16-21-13-5-3-4-6-14(13)26-16)15(23)11-7-9-12(10-8-11)27(24,25)17(18,19)20/h3-10H,2H2,1H3. The minimum absolute atomic E-state index is 0.0669. The summed E-state index contributed by atoms with van der Waals surface area (Å²) in [5, 5.41) is 0.454. The Morgan fingerprint density at radius 2 is 1.74 bits per heavy atom. The van der Waals surface area contributed by atoms with E-state index in [1.54, 1.807) is 6.92 Å². The topological polar surface area (TPSA) is 67.3 Å². The molecule has 1 amide bonds. The molecule has 0 aliphatic carbocycles. The van der Waals surface area contributed by atoms with Crippen molar-refractivity contribution in [3.63, 3.8) is 0 Å². The fourth-order valence-corrected chi connectivity index (χ4v) is 4.20. The molecule has 0 fully saturated rings. The molecule has 0 bridgehead atoms. The normalized spacial score (nSPS) is 12.3. The summed E-state index contributed by atoms with van der Waals surface area (Å²) in [6.07, 6.45) is 0. The van der Waals surface area contributed by atoms with Crippen LogP contribution < -0.4 is 4.90 Å². The molecular formula is C17H13F3N2O3S2. The minimum atomic E-state index is -5.45. The maximum atomic E-state index is 12.7. The van der Waals surface area contributed by atoms with Crippen molar-refractivity contribution in [3.05, 3.63) is 54.1 Å². The van der Waals surface area contributed by atoms with Gasteiger partial charge in [-0.3, -0.25) is 9.69 Å². The highest BCUT2D eigenvalue weighted by Crippen LogP contribution is 2.31. The molecule has 0 saturated carbocycles. The van der Waals surface area contributed by atoms with Gasteiger partial charge in [-0.15, -0.1) is 0 Å². The Balaban J connectivity index is 1.92. The van der Waals surface area contributed by atoms with E-state index in [1.165, 1.54) is 16.2 Å². The Kier molecular flexibility index (Phi) is 4.96. The summed E-state index contributed by atoms with van der Waals surface area (Å²) in [4.78, 5) is 17.6. The second kappa shape index (κ2) is 6.93. The van der Waals surface area contributed by atoms with E-state index in [-0.39, 0.29) is 5.56 Å². The van der Waals surface area contributed by atoms with Crippen LogP contribution in [-0.4, -0.2) is 31.4 Å². The van der Waals surface area contributed by atoms with Crippen molar-refractivity contribution in [1.82, 2.24) is 4.98 Å². The third-order valence-electron chi connectivity index (χ3n) is 3.79. The number of rotatable bonds is 4. The van der Waals surface area contributed by atoms with E-state index in [4.69, 9.17) is 0 Å². The number of benzene rings is 2. The Bertz CT molecular complexity index is 1060. The average molecular weight is 414 g/mol. The highest BCUT2D eigenvalue weighted by Gasteiger charge is 2.46. The lowest BCUT2D eigenvalue weighted by Crippen LogP contribution is -2.30. The minimum Gasteiger partial charge on any atom is -0.284 e. The quantitative estimate of drug-likeness (QED) is 0.640. The van der Waals surface area contributed by atoms with Crippen LogP contribution >= 0.6 is 11.3 Å². The molecule has 0 atom stereocenters. The van der Waals surface area contributed by atoms with Crippen LogP contribution in [0.15, 0.2) is 53.4 Å². The smallest absolute Gasteiger partial charge is 0.284 e.